The summed E-state index contributed by atoms with van der Waals surface area (Å²) in [5.41, 5.74) is 0.440. The Morgan fingerprint density at radius 2 is 2.19 bits per heavy atom. The van der Waals surface area contributed by atoms with Gasteiger partial charge in [-0.15, -0.1) is 0 Å². The summed E-state index contributed by atoms with van der Waals surface area (Å²) in [5.74, 6) is -1.21. The lowest BCUT2D eigenvalue weighted by Gasteiger charge is -2.09. The first-order valence-corrected chi connectivity index (χ1v) is 4.83. The van der Waals surface area contributed by atoms with Crippen LogP contribution in [0.4, 0.5) is 10.5 Å². The molecule has 1 aromatic carbocycles. The van der Waals surface area contributed by atoms with Gasteiger partial charge in [-0.1, -0.05) is 17.7 Å². The van der Waals surface area contributed by atoms with Crippen molar-refractivity contribution in [1.82, 2.24) is 0 Å². The Bertz CT molecular complexity index is 408. The maximum Gasteiger partial charge on any atom is 0.412 e. The van der Waals surface area contributed by atoms with E-state index < -0.39 is 18.2 Å². The average Bonchev–Trinajstić information content (AvgIpc) is 2.16. The van der Waals surface area contributed by atoms with E-state index in [2.05, 4.69) is 10.1 Å². The second-order valence-electron chi connectivity index (χ2n) is 3.02. The van der Waals surface area contributed by atoms with Crippen LogP contribution in [0, 0.1) is 0 Å². The fourth-order valence-electron chi connectivity index (χ4n) is 0.925. The Morgan fingerprint density at radius 3 is 2.75 bits per heavy atom. The molecule has 6 heteroatoms. The first-order valence-electron chi connectivity index (χ1n) is 4.45. The smallest absolute Gasteiger partial charge is 0.412 e. The number of aliphatic carboxylic acids is 1. The normalized spacial score (nSPS) is 11.6. The zero-order valence-corrected chi connectivity index (χ0v) is 9.19. The van der Waals surface area contributed by atoms with Gasteiger partial charge in [0.05, 0.1) is 0 Å². The quantitative estimate of drug-likeness (QED) is 0.855. The fourth-order valence-corrected chi connectivity index (χ4v) is 1.11. The van der Waals surface area contributed by atoms with E-state index in [1.807, 2.05) is 0 Å². The van der Waals surface area contributed by atoms with E-state index in [-0.39, 0.29) is 0 Å². The fraction of sp³-hybridized carbons (Fsp3) is 0.200. The summed E-state index contributed by atoms with van der Waals surface area (Å²) in [6, 6.07) is 6.43. The number of rotatable bonds is 3. The zero-order chi connectivity index (χ0) is 12.1. The number of carbonyl (C=O) groups is 2. The Balaban J connectivity index is 2.55. The van der Waals surface area contributed by atoms with Crippen LogP contribution < -0.4 is 5.32 Å². The molecular weight excluding hydrogens is 234 g/mol. The second kappa shape index (κ2) is 5.37. The Kier molecular flexibility index (Phi) is 4.13. The molecule has 5 nitrogen and oxygen atoms in total. The number of ether oxygens (including phenoxy) is 1. The van der Waals surface area contributed by atoms with Gasteiger partial charge < -0.3 is 9.84 Å². The molecule has 0 radical (unpaired) electrons. The molecule has 0 saturated carbocycles. The highest BCUT2D eigenvalue weighted by Gasteiger charge is 2.16. The van der Waals surface area contributed by atoms with Crippen LogP contribution in [0.25, 0.3) is 0 Å². The molecule has 16 heavy (non-hydrogen) atoms. The number of nitrogens with one attached hydrogen (secondary N) is 1. The number of carbonyl (C=O) groups excluding carboxylic acids is 1. The van der Waals surface area contributed by atoms with Crippen molar-refractivity contribution in [2.24, 2.45) is 0 Å². The molecule has 0 aliphatic carbocycles. The highest BCUT2D eigenvalue weighted by molar-refractivity contribution is 6.30. The molecule has 0 bridgehead atoms. The zero-order valence-electron chi connectivity index (χ0n) is 8.44. The van der Waals surface area contributed by atoms with Gasteiger partial charge in [-0.3, -0.25) is 5.32 Å². The van der Waals surface area contributed by atoms with Gasteiger partial charge in [0.25, 0.3) is 0 Å². The third kappa shape index (κ3) is 3.78. The molecule has 1 amide bonds. The van der Waals surface area contributed by atoms with Crippen molar-refractivity contribution in [3.63, 3.8) is 0 Å². The van der Waals surface area contributed by atoms with Crippen molar-refractivity contribution in [3.8, 4) is 0 Å². The van der Waals surface area contributed by atoms with E-state index in [0.717, 1.165) is 0 Å². The lowest BCUT2D eigenvalue weighted by atomic mass is 10.3. The van der Waals surface area contributed by atoms with E-state index in [4.69, 9.17) is 16.7 Å². The van der Waals surface area contributed by atoms with E-state index >= 15 is 0 Å². The molecular formula is C10H10ClNO4. The maximum atomic E-state index is 11.2. The van der Waals surface area contributed by atoms with Gasteiger partial charge in [-0.05, 0) is 25.1 Å². The lowest BCUT2D eigenvalue weighted by Crippen LogP contribution is -2.26. The molecule has 0 aromatic heterocycles. The predicted molar refractivity (Wildman–Crippen MR) is 58.7 cm³/mol. The minimum absolute atomic E-state index is 0.440. The topological polar surface area (TPSA) is 75.6 Å². The summed E-state index contributed by atoms with van der Waals surface area (Å²) in [4.78, 5) is 21.6. The SMILES string of the molecule is C[C@@H](OC(=O)Nc1cccc(Cl)c1)C(=O)O. The van der Waals surface area contributed by atoms with Crippen molar-refractivity contribution in [2.75, 3.05) is 5.32 Å². The number of carboxylic acids is 1. The molecule has 1 rings (SSSR count). The van der Waals surface area contributed by atoms with Crippen LogP contribution in [-0.2, 0) is 9.53 Å². The van der Waals surface area contributed by atoms with Crippen LogP contribution in [0.3, 0.4) is 0 Å². The molecule has 1 atom stereocenters. The van der Waals surface area contributed by atoms with Crippen LogP contribution in [-0.4, -0.2) is 23.3 Å². The third-order valence-electron chi connectivity index (χ3n) is 1.70. The third-order valence-corrected chi connectivity index (χ3v) is 1.94. The number of carboxylic acid groups (broad SMARTS) is 1. The first-order chi connectivity index (χ1) is 7.49. The Labute approximate surface area is 97.0 Å². The number of anilines is 1. The lowest BCUT2D eigenvalue weighted by molar-refractivity contribution is -0.145. The Morgan fingerprint density at radius 1 is 1.50 bits per heavy atom. The molecule has 0 unspecified atom stereocenters. The number of amides is 1. The second-order valence-corrected chi connectivity index (χ2v) is 3.46. The standard InChI is InChI=1S/C10H10ClNO4/c1-6(9(13)14)16-10(15)12-8-4-2-3-7(11)5-8/h2-6H,1H3,(H,12,15)(H,13,14)/t6-/m1/s1. The Hall–Kier alpha value is -1.75. The van der Waals surface area contributed by atoms with Crippen LogP contribution in [0.5, 0.6) is 0 Å². The van der Waals surface area contributed by atoms with Crippen LogP contribution in [0.1, 0.15) is 6.92 Å². The summed E-state index contributed by atoms with van der Waals surface area (Å²) in [6.07, 6.45) is -2.03. The van der Waals surface area contributed by atoms with E-state index in [1.165, 1.54) is 13.0 Å². The summed E-state index contributed by atoms with van der Waals surface area (Å²) in [7, 11) is 0. The van der Waals surface area contributed by atoms with Crippen molar-refractivity contribution in [1.29, 1.82) is 0 Å². The van der Waals surface area contributed by atoms with Crippen molar-refractivity contribution < 1.29 is 19.4 Å². The van der Waals surface area contributed by atoms with Gasteiger partial charge in [-0.25, -0.2) is 9.59 Å². The average molecular weight is 244 g/mol. The van der Waals surface area contributed by atoms with Gasteiger partial charge in [-0.2, -0.15) is 0 Å². The minimum Gasteiger partial charge on any atom is -0.479 e. The van der Waals surface area contributed by atoms with Gasteiger partial charge in [0, 0.05) is 10.7 Å². The van der Waals surface area contributed by atoms with Crippen LogP contribution >= 0.6 is 11.6 Å². The summed E-state index contributed by atoms with van der Waals surface area (Å²) >= 11 is 5.70. The van der Waals surface area contributed by atoms with Crippen LogP contribution in [0.15, 0.2) is 24.3 Å². The van der Waals surface area contributed by atoms with Crippen LogP contribution in [0.2, 0.25) is 5.02 Å². The molecule has 0 aliphatic heterocycles. The van der Waals surface area contributed by atoms with Crippen molar-refractivity contribution in [3.05, 3.63) is 29.3 Å². The molecule has 1 aromatic rings. The monoisotopic (exact) mass is 243 g/mol. The molecule has 0 saturated heterocycles. The first kappa shape index (κ1) is 12.3. The molecule has 0 fully saturated rings. The molecule has 2 N–H and O–H groups in total. The molecule has 86 valence electrons. The molecule has 0 spiro atoms. The number of halogens is 1. The highest BCUT2D eigenvalue weighted by Crippen LogP contribution is 2.15. The van der Waals surface area contributed by atoms with Gasteiger partial charge >= 0.3 is 12.1 Å². The summed E-state index contributed by atoms with van der Waals surface area (Å²) in [5, 5.41) is 11.3. The minimum atomic E-state index is -1.21. The van der Waals surface area contributed by atoms with Crippen molar-refractivity contribution in [2.45, 2.75) is 13.0 Å². The van der Waals surface area contributed by atoms with E-state index in [9.17, 15) is 9.59 Å². The van der Waals surface area contributed by atoms with E-state index in [1.54, 1.807) is 18.2 Å². The predicted octanol–water partition coefficient (Wildman–Crippen LogP) is 2.36. The maximum absolute atomic E-state index is 11.2. The molecule has 0 heterocycles. The van der Waals surface area contributed by atoms with Gasteiger partial charge in [0.1, 0.15) is 0 Å². The van der Waals surface area contributed by atoms with Gasteiger partial charge in [0.2, 0.25) is 0 Å². The van der Waals surface area contributed by atoms with Crippen molar-refractivity contribution >= 4 is 29.4 Å². The number of hydrogen-bond donors (Lipinski definition) is 2. The number of hydrogen-bond acceptors (Lipinski definition) is 3. The molecule has 0 aliphatic rings. The number of benzene rings is 1. The van der Waals surface area contributed by atoms with E-state index in [0.29, 0.717) is 10.7 Å². The van der Waals surface area contributed by atoms with Gasteiger partial charge in [0.15, 0.2) is 6.10 Å². The highest BCUT2D eigenvalue weighted by atomic mass is 35.5. The summed E-state index contributed by atoms with van der Waals surface area (Å²) in [6.45, 7) is 1.26. The largest absolute Gasteiger partial charge is 0.479 e. The summed E-state index contributed by atoms with van der Waals surface area (Å²) < 4.78 is 4.56.